The van der Waals surface area contributed by atoms with E-state index >= 15 is 0 Å². The first-order valence-corrected chi connectivity index (χ1v) is 6.74. The third kappa shape index (κ3) is 3.66. The van der Waals surface area contributed by atoms with Crippen LogP contribution >= 0.6 is 0 Å². The molecule has 1 heterocycles. The fraction of sp³-hybridized carbons (Fsp3) is 0.267. The van der Waals surface area contributed by atoms with Gasteiger partial charge in [0.05, 0.1) is 5.56 Å². The molecule has 2 rings (SSSR count). The van der Waals surface area contributed by atoms with Gasteiger partial charge in [-0.1, -0.05) is 6.92 Å². The minimum atomic E-state index is -0.534. The van der Waals surface area contributed by atoms with Crippen molar-refractivity contribution in [3.05, 3.63) is 41.5 Å². The van der Waals surface area contributed by atoms with Crippen LogP contribution < -0.4 is 10.6 Å². The molecule has 6 heteroatoms. The zero-order valence-electron chi connectivity index (χ0n) is 11.9. The van der Waals surface area contributed by atoms with Crippen LogP contribution in [0.25, 0.3) is 0 Å². The maximum atomic E-state index is 13.3. The number of nitriles is 1. The van der Waals surface area contributed by atoms with Gasteiger partial charge in [-0.15, -0.1) is 0 Å². The van der Waals surface area contributed by atoms with Crippen LogP contribution in [0.3, 0.4) is 0 Å². The number of halogens is 1. The molecule has 0 aliphatic heterocycles. The van der Waals surface area contributed by atoms with E-state index in [-0.39, 0.29) is 5.56 Å². The van der Waals surface area contributed by atoms with Gasteiger partial charge < -0.3 is 10.6 Å². The van der Waals surface area contributed by atoms with Crippen molar-refractivity contribution >= 4 is 17.3 Å². The number of aryl methyl sites for hydroxylation is 1. The molecule has 0 fully saturated rings. The lowest BCUT2D eigenvalue weighted by molar-refractivity contribution is 0.624. The average Bonchev–Trinajstić information content (AvgIpc) is 2.49. The first-order chi connectivity index (χ1) is 10.2. The van der Waals surface area contributed by atoms with Crippen molar-refractivity contribution in [1.82, 2.24) is 9.97 Å². The zero-order valence-corrected chi connectivity index (χ0v) is 11.9. The summed E-state index contributed by atoms with van der Waals surface area (Å²) in [7, 11) is 0. The molecular weight excluding hydrogens is 269 g/mol. The van der Waals surface area contributed by atoms with Gasteiger partial charge in [0.2, 0.25) is 0 Å². The highest BCUT2D eigenvalue weighted by Crippen LogP contribution is 2.20. The molecule has 21 heavy (non-hydrogen) atoms. The lowest BCUT2D eigenvalue weighted by Crippen LogP contribution is -2.05. The molecule has 0 bridgehead atoms. The number of anilines is 3. The van der Waals surface area contributed by atoms with Crippen LogP contribution in [0.2, 0.25) is 0 Å². The fourth-order valence-corrected chi connectivity index (χ4v) is 1.83. The summed E-state index contributed by atoms with van der Waals surface area (Å²) in [6, 6.07) is 7.87. The van der Waals surface area contributed by atoms with Gasteiger partial charge in [-0.05, 0) is 25.1 Å². The van der Waals surface area contributed by atoms with Crippen molar-refractivity contribution in [3.8, 4) is 6.07 Å². The predicted molar refractivity (Wildman–Crippen MR) is 80.0 cm³/mol. The second kappa shape index (κ2) is 6.66. The Balaban J connectivity index is 2.30. The van der Waals surface area contributed by atoms with E-state index in [0.717, 1.165) is 12.4 Å². The highest BCUT2D eigenvalue weighted by Gasteiger charge is 2.06. The van der Waals surface area contributed by atoms with E-state index in [4.69, 9.17) is 5.26 Å². The third-order valence-electron chi connectivity index (χ3n) is 2.81. The van der Waals surface area contributed by atoms with Gasteiger partial charge >= 0.3 is 0 Å². The predicted octanol–water partition coefficient (Wildman–Crippen LogP) is 3.23. The molecule has 2 aromatic rings. The first-order valence-electron chi connectivity index (χ1n) is 6.74. The minimum Gasteiger partial charge on any atom is -0.370 e. The number of rotatable bonds is 5. The molecule has 0 amide bonds. The summed E-state index contributed by atoms with van der Waals surface area (Å²) in [5.41, 5.74) is 0.604. The first kappa shape index (κ1) is 14.7. The van der Waals surface area contributed by atoms with Crippen LogP contribution in [0.1, 0.15) is 25.2 Å². The second-order valence-corrected chi connectivity index (χ2v) is 4.37. The van der Waals surface area contributed by atoms with E-state index in [1.807, 2.05) is 19.9 Å². The van der Waals surface area contributed by atoms with Crippen molar-refractivity contribution in [1.29, 1.82) is 5.26 Å². The monoisotopic (exact) mass is 285 g/mol. The maximum Gasteiger partial charge on any atom is 0.141 e. The Morgan fingerprint density at radius 2 is 1.95 bits per heavy atom. The lowest BCUT2D eigenvalue weighted by atomic mass is 10.2. The van der Waals surface area contributed by atoms with E-state index in [1.165, 1.54) is 12.1 Å². The molecule has 0 spiro atoms. The summed E-state index contributed by atoms with van der Waals surface area (Å²) in [6.45, 7) is 4.72. The summed E-state index contributed by atoms with van der Waals surface area (Å²) < 4.78 is 13.3. The fourth-order valence-electron chi connectivity index (χ4n) is 1.83. The van der Waals surface area contributed by atoms with E-state index < -0.39 is 5.82 Å². The quantitative estimate of drug-likeness (QED) is 0.882. The van der Waals surface area contributed by atoms with Crippen molar-refractivity contribution in [2.45, 2.75) is 20.3 Å². The molecule has 0 saturated carbocycles. The molecule has 1 aromatic heterocycles. The normalized spacial score (nSPS) is 10.0. The summed E-state index contributed by atoms with van der Waals surface area (Å²) in [5.74, 6) is 1.51. The molecule has 5 nitrogen and oxygen atoms in total. The lowest BCUT2D eigenvalue weighted by Gasteiger charge is -2.10. The second-order valence-electron chi connectivity index (χ2n) is 4.37. The molecule has 0 atom stereocenters. The molecule has 0 saturated heterocycles. The van der Waals surface area contributed by atoms with Gasteiger partial charge in [-0.2, -0.15) is 5.26 Å². The molecule has 0 unspecified atom stereocenters. The smallest absolute Gasteiger partial charge is 0.141 e. The molecule has 0 aliphatic rings. The number of hydrogen-bond donors (Lipinski definition) is 2. The van der Waals surface area contributed by atoms with Crippen LogP contribution in [-0.4, -0.2) is 16.5 Å². The van der Waals surface area contributed by atoms with Crippen LogP contribution in [0, 0.1) is 17.1 Å². The third-order valence-corrected chi connectivity index (χ3v) is 2.81. The number of aromatic nitrogens is 2. The summed E-state index contributed by atoms with van der Waals surface area (Å²) in [4.78, 5) is 8.73. The minimum absolute atomic E-state index is 0.00308. The van der Waals surface area contributed by atoms with Crippen molar-refractivity contribution in [2.75, 3.05) is 17.2 Å². The Morgan fingerprint density at radius 3 is 2.62 bits per heavy atom. The van der Waals surface area contributed by atoms with Crippen LogP contribution in [0.5, 0.6) is 0 Å². The van der Waals surface area contributed by atoms with E-state index in [1.54, 1.807) is 12.1 Å². The van der Waals surface area contributed by atoms with Gasteiger partial charge in [0.15, 0.2) is 0 Å². The molecule has 0 aliphatic carbocycles. The van der Waals surface area contributed by atoms with Crippen molar-refractivity contribution in [2.24, 2.45) is 0 Å². The maximum absolute atomic E-state index is 13.3. The van der Waals surface area contributed by atoms with Gasteiger partial charge in [0, 0.05) is 24.7 Å². The summed E-state index contributed by atoms with van der Waals surface area (Å²) >= 11 is 0. The number of benzene rings is 1. The van der Waals surface area contributed by atoms with Gasteiger partial charge in [-0.3, -0.25) is 0 Å². The summed E-state index contributed by atoms with van der Waals surface area (Å²) in [6.07, 6.45) is 0.709. The van der Waals surface area contributed by atoms with Gasteiger partial charge in [0.1, 0.15) is 29.3 Å². The van der Waals surface area contributed by atoms with Gasteiger partial charge in [-0.25, -0.2) is 14.4 Å². The Hall–Kier alpha value is -2.68. The van der Waals surface area contributed by atoms with Crippen LogP contribution in [0.4, 0.5) is 21.7 Å². The standard InChI is InChI=1S/C15H16FN5/c1-3-13-20-14(18-4-2)8-15(21-13)19-11-5-6-12(16)10(7-11)9-17/h5-8H,3-4H2,1-2H3,(H2,18,19,20,21). The number of nitrogens with zero attached hydrogens (tertiary/aromatic N) is 3. The number of nitrogens with one attached hydrogen (secondary N) is 2. The zero-order chi connectivity index (χ0) is 15.2. The molecule has 0 radical (unpaired) electrons. The Morgan fingerprint density at radius 1 is 1.19 bits per heavy atom. The largest absolute Gasteiger partial charge is 0.370 e. The van der Waals surface area contributed by atoms with Crippen molar-refractivity contribution < 1.29 is 4.39 Å². The Bertz CT molecular complexity index is 678. The molecule has 1 aromatic carbocycles. The average molecular weight is 285 g/mol. The molecule has 2 N–H and O–H groups in total. The van der Waals surface area contributed by atoms with Crippen LogP contribution in [0.15, 0.2) is 24.3 Å². The van der Waals surface area contributed by atoms with E-state index in [0.29, 0.717) is 23.8 Å². The number of hydrogen-bond acceptors (Lipinski definition) is 5. The van der Waals surface area contributed by atoms with Gasteiger partial charge in [0.25, 0.3) is 0 Å². The topological polar surface area (TPSA) is 73.6 Å². The SMILES string of the molecule is CCNc1cc(Nc2ccc(F)c(C#N)c2)nc(CC)n1. The Labute approximate surface area is 122 Å². The molecule has 108 valence electrons. The highest BCUT2D eigenvalue weighted by atomic mass is 19.1. The van der Waals surface area contributed by atoms with E-state index in [2.05, 4.69) is 20.6 Å². The van der Waals surface area contributed by atoms with Crippen LogP contribution in [-0.2, 0) is 6.42 Å². The van der Waals surface area contributed by atoms with Crippen molar-refractivity contribution in [3.63, 3.8) is 0 Å². The Kier molecular flexibility index (Phi) is 4.67. The summed E-state index contributed by atoms with van der Waals surface area (Å²) in [5, 5.41) is 15.1. The molecular formula is C15H16FN5. The van der Waals surface area contributed by atoms with E-state index in [9.17, 15) is 4.39 Å². The highest BCUT2D eigenvalue weighted by molar-refractivity contribution is 5.61.